The summed E-state index contributed by atoms with van der Waals surface area (Å²) in [6.45, 7) is 2.70. The summed E-state index contributed by atoms with van der Waals surface area (Å²) in [4.78, 5) is 11.9. The lowest BCUT2D eigenvalue weighted by Gasteiger charge is -2.28. The first kappa shape index (κ1) is 14.8. The van der Waals surface area contributed by atoms with E-state index in [0.29, 0.717) is 6.54 Å². The van der Waals surface area contributed by atoms with Crippen LogP contribution in [0.4, 0.5) is 0 Å². The van der Waals surface area contributed by atoms with Gasteiger partial charge in [0.15, 0.2) is 9.84 Å². The Hall–Kier alpha value is -0.620. The topological polar surface area (TPSA) is 75.3 Å². The van der Waals surface area contributed by atoms with Crippen molar-refractivity contribution in [3.05, 3.63) is 0 Å². The van der Waals surface area contributed by atoms with E-state index in [1.165, 1.54) is 12.8 Å². The zero-order valence-electron chi connectivity index (χ0n) is 11.5. The Balaban J connectivity index is 1.75. The Bertz CT molecular complexity index is 414. The van der Waals surface area contributed by atoms with E-state index in [9.17, 15) is 13.2 Å². The Morgan fingerprint density at radius 1 is 1.26 bits per heavy atom. The molecule has 1 saturated heterocycles. The van der Waals surface area contributed by atoms with Crippen LogP contribution >= 0.6 is 0 Å². The molecule has 6 heteroatoms. The molecule has 2 aliphatic rings. The van der Waals surface area contributed by atoms with Crippen molar-refractivity contribution < 1.29 is 13.2 Å². The Morgan fingerprint density at radius 2 is 1.95 bits per heavy atom. The minimum atomic E-state index is -2.96. The first-order valence-electron chi connectivity index (χ1n) is 7.18. The Kier molecular flexibility index (Phi) is 4.84. The highest BCUT2D eigenvalue weighted by molar-refractivity contribution is 7.91. The van der Waals surface area contributed by atoms with E-state index in [1.807, 2.05) is 0 Å². The summed E-state index contributed by atoms with van der Waals surface area (Å²) in [7, 11) is -2.96. The van der Waals surface area contributed by atoms with Crippen molar-refractivity contribution in [2.45, 2.75) is 51.1 Å². The van der Waals surface area contributed by atoms with Gasteiger partial charge in [0.1, 0.15) is 0 Å². The SMILES string of the molecule is CC1CCC(NC(=O)CC2CS(=O)(=O)CCN2)CC1. The molecule has 0 aromatic rings. The molecule has 110 valence electrons. The predicted octanol–water partition coefficient (Wildman–Crippen LogP) is 0.458. The molecule has 1 atom stereocenters. The molecule has 0 radical (unpaired) electrons. The fourth-order valence-electron chi connectivity index (χ4n) is 2.91. The monoisotopic (exact) mass is 288 g/mol. The molecule has 1 amide bonds. The van der Waals surface area contributed by atoms with Crippen molar-refractivity contribution in [1.82, 2.24) is 10.6 Å². The van der Waals surface area contributed by atoms with Gasteiger partial charge in [-0.2, -0.15) is 0 Å². The van der Waals surface area contributed by atoms with Crippen LogP contribution in [0.5, 0.6) is 0 Å². The first-order valence-corrected chi connectivity index (χ1v) is 9.00. The number of hydrogen-bond donors (Lipinski definition) is 2. The number of sulfone groups is 1. The van der Waals surface area contributed by atoms with Crippen molar-refractivity contribution in [3.63, 3.8) is 0 Å². The third-order valence-electron chi connectivity index (χ3n) is 4.11. The first-order chi connectivity index (χ1) is 8.94. The fraction of sp³-hybridized carbons (Fsp3) is 0.923. The molecule has 0 aromatic heterocycles. The van der Waals surface area contributed by atoms with Crippen LogP contribution in [0, 0.1) is 5.92 Å². The van der Waals surface area contributed by atoms with Crippen molar-refractivity contribution in [2.24, 2.45) is 5.92 Å². The molecule has 5 nitrogen and oxygen atoms in total. The van der Waals surface area contributed by atoms with Crippen LogP contribution in [-0.2, 0) is 14.6 Å². The molecule has 2 N–H and O–H groups in total. The number of carbonyl (C=O) groups excluding carboxylic acids is 1. The van der Waals surface area contributed by atoms with Gasteiger partial charge in [-0.1, -0.05) is 6.92 Å². The van der Waals surface area contributed by atoms with Crippen LogP contribution in [0.15, 0.2) is 0 Å². The van der Waals surface area contributed by atoms with Gasteiger partial charge >= 0.3 is 0 Å². The average Bonchev–Trinajstić information content (AvgIpc) is 2.30. The highest BCUT2D eigenvalue weighted by Crippen LogP contribution is 2.23. The second kappa shape index (κ2) is 6.22. The standard InChI is InChI=1S/C13H24N2O3S/c1-10-2-4-11(5-3-10)15-13(16)8-12-9-19(17,18)7-6-14-12/h10-12,14H,2-9H2,1H3,(H,15,16). The van der Waals surface area contributed by atoms with Crippen LogP contribution in [0.1, 0.15) is 39.0 Å². The Labute approximate surface area is 115 Å². The summed E-state index contributed by atoms with van der Waals surface area (Å²) in [5.74, 6) is 1.01. The molecular formula is C13H24N2O3S. The van der Waals surface area contributed by atoms with Gasteiger partial charge < -0.3 is 10.6 Å². The third-order valence-corrected chi connectivity index (χ3v) is 5.85. The maximum atomic E-state index is 11.9. The van der Waals surface area contributed by atoms with Crippen molar-refractivity contribution in [1.29, 1.82) is 0 Å². The van der Waals surface area contributed by atoms with Gasteiger partial charge in [0.05, 0.1) is 11.5 Å². The summed E-state index contributed by atoms with van der Waals surface area (Å²) in [6, 6.07) is 0.0603. The second-order valence-corrected chi connectivity index (χ2v) is 8.22. The molecule has 0 bridgehead atoms. The third kappa shape index (κ3) is 4.76. The van der Waals surface area contributed by atoms with Crippen molar-refractivity contribution in [3.8, 4) is 0 Å². The number of hydrogen-bond acceptors (Lipinski definition) is 4. The average molecular weight is 288 g/mol. The molecule has 0 spiro atoms. The molecule has 1 aliphatic heterocycles. The smallest absolute Gasteiger partial charge is 0.221 e. The van der Waals surface area contributed by atoms with Crippen LogP contribution in [0.2, 0.25) is 0 Å². The van der Waals surface area contributed by atoms with E-state index in [0.717, 1.165) is 18.8 Å². The minimum absolute atomic E-state index is 0.0193. The summed E-state index contributed by atoms with van der Waals surface area (Å²) in [5, 5.41) is 6.15. The summed E-state index contributed by atoms with van der Waals surface area (Å²) >= 11 is 0. The lowest BCUT2D eigenvalue weighted by Crippen LogP contribution is -2.48. The Morgan fingerprint density at radius 3 is 2.58 bits per heavy atom. The van der Waals surface area contributed by atoms with E-state index in [2.05, 4.69) is 17.6 Å². The van der Waals surface area contributed by atoms with Gasteiger partial charge in [0.2, 0.25) is 5.91 Å². The fourth-order valence-corrected chi connectivity index (χ4v) is 4.36. The lowest BCUT2D eigenvalue weighted by molar-refractivity contribution is -0.122. The number of carbonyl (C=O) groups is 1. The summed E-state index contributed by atoms with van der Waals surface area (Å²) < 4.78 is 23.0. The van der Waals surface area contributed by atoms with Gasteiger partial charge in [-0.15, -0.1) is 0 Å². The zero-order valence-corrected chi connectivity index (χ0v) is 12.3. The van der Waals surface area contributed by atoms with Crippen molar-refractivity contribution in [2.75, 3.05) is 18.1 Å². The summed E-state index contributed by atoms with van der Waals surface area (Å²) in [6.07, 6.45) is 4.69. The highest BCUT2D eigenvalue weighted by Gasteiger charge is 2.27. The quantitative estimate of drug-likeness (QED) is 0.791. The minimum Gasteiger partial charge on any atom is -0.353 e. The van der Waals surface area contributed by atoms with E-state index in [4.69, 9.17) is 0 Å². The maximum Gasteiger partial charge on any atom is 0.221 e. The zero-order chi connectivity index (χ0) is 13.9. The van der Waals surface area contributed by atoms with Crippen molar-refractivity contribution >= 4 is 15.7 Å². The maximum absolute atomic E-state index is 11.9. The van der Waals surface area contributed by atoms with Crippen LogP contribution in [0.3, 0.4) is 0 Å². The van der Waals surface area contributed by atoms with E-state index >= 15 is 0 Å². The van der Waals surface area contributed by atoms with Crippen LogP contribution in [-0.4, -0.2) is 44.5 Å². The van der Waals surface area contributed by atoms with Gasteiger partial charge in [-0.3, -0.25) is 4.79 Å². The molecule has 1 unspecified atom stereocenters. The van der Waals surface area contributed by atoms with E-state index < -0.39 is 9.84 Å². The molecule has 0 aromatic carbocycles. The largest absolute Gasteiger partial charge is 0.353 e. The summed E-state index contributed by atoms with van der Waals surface area (Å²) in [5.41, 5.74) is 0. The molecule has 1 aliphatic carbocycles. The number of nitrogens with one attached hydrogen (secondary N) is 2. The molecule has 1 heterocycles. The van der Waals surface area contributed by atoms with Gasteiger partial charge in [-0.05, 0) is 31.6 Å². The van der Waals surface area contributed by atoms with Gasteiger partial charge in [0.25, 0.3) is 0 Å². The molecule has 1 saturated carbocycles. The van der Waals surface area contributed by atoms with E-state index in [1.54, 1.807) is 0 Å². The molecule has 2 rings (SSSR count). The highest BCUT2D eigenvalue weighted by atomic mass is 32.2. The van der Waals surface area contributed by atoms with E-state index in [-0.39, 0.29) is 35.9 Å². The molecule has 19 heavy (non-hydrogen) atoms. The number of amides is 1. The van der Waals surface area contributed by atoms with Gasteiger partial charge in [-0.25, -0.2) is 8.42 Å². The lowest BCUT2D eigenvalue weighted by atomic mass is 9.87. The molecule has 2 fully saturated rings. The predicted molar refractivity (Wildman–Crippen MR) is 74.6 cm³/mol. The normalized spacial score (nSPS) is 34.7. The van der Waals surface area contributed by atoms with Crippen LogP contribution in [0.25, 0.3) is 0 Å². The second-order valence-electron chi connectivity index (χ2n) is 5.99. The van der Waals surface area contributed by atoms with Crippen LogP contribution < -0.4 is 10.6 Å². The molecular weight excluding hydrogens is 264 g/mol. The van der Waals surface area contributed by atoms with Gasteiger partial charge in [0, 0.05) is 25.0 Å². The number of rotatable bonds is 3.